The summed E-state index contributed by atoms with van der Waals surface area (Å²) in [5.74, 6) is 0.155. The molecular weight excluding hydrogens is 536 g/mol. The van der Waals surface area contributed by atoms with Crippen molar-refractivity contribution in [3.05, 3.63) is 35.4 Å². The van der Waals surface area contributed by atoms with Crippen LogP contribution in [0.2, 0.25) is 0 Å². The summed E-state index contributed by atoms with van der Waals surface area (Å²) in [5, 5.41) is 49.1. The van der Waals surface area contributed by atoms with Crippen molar-refractivity contribution in [3.63, 3.8) is 0 Å². The first-order chi connectivity index (χ1) is 19.9. The fraction of sp³-hybridized carbons (Fsp3) is 0.533. The van der Waals surface area contributed by atoms with E-state index in [9.17, 15) is 0 Å². The molecule has 1 aromatic carbocycles. The summed E-state index contributed by atoms with van der Waals surface area (Å²) < 4.78 is 0. The van der Waals surface area contributed by atoms with Crippen LogP contribution in [0.15, 0.2) is 64.9 Å². The molecule has 230 valence electrons. The molecule has 12 nitrogen and oxygen atoms in total. The van der Waals surface area contributed by atoms with Gasteiger partial charge in [-0.05, 0) is 79.4 Å². The molecule has 0 aliphatic heterocycles. The summed E-state index contributed by atoms with van der Waals surface area (Å²) in [6.07, 6.45) is 1.46. The summed E-state index contributed by atoms with van der Waals surface area (Å²) >= 11 is 0. The zero-order chi connectivity index (χ0) is 31.7. The SMILES string of the molecule is CC(=NCC(CN=C(C)/C(C)=N/O)Cc1ccc(CC(CN=C(C)/C(C)=N/O)CN=C(C)/C(C)=N/O)cc1)/C(C)=N/O. The lowest BCUT2D eigenvalue weighted by Gasteiger charge is -2.16. The topological polar surface area (TPSA) is 180 Å². The van der Waals surface area contributed by atoms with E-state index in [0.717, 1.165) is 24.0 Å². The second-order valence-corrected chi connectivity index (χ2v) is 10.4. The number of oxime groups is 4. The monoisotopic (exact) mass is 582 g/mol. The molecule has 0 aliphatic rings. The summed E-state index contributed by atoms with van der Waals surface area (Å²) in [6.45, 7) is 16.0. The number of aliphatic imine (C=N–C) groups is 4. The van der Waals surface area contributed by atoms with Crippen molar-refractivity contribution < 1.29 is 20.8 Å². The van der Waals surface area contributed by atoms with E-state index in [2.05, 4.69) is 64.9 Å². The van der Waals surface area contributed by atoms with Gasteiger partial charge in [-0.3, -0.25) is 20.0 Å². The van der Waals surface area contributed by atoms with E-state index in [1.54, 1.807) is 55.4 Å². The van der Waals surface area contributed by atoms with E-state index in [1.807, 2.05) is 0 Å². The molecule has 1 rings (SSSR count). The third-order valence-electron chi connectivity index (χ3n) is 7.11. The van der Waals surface area contributed by atoms with Gasteiger partial charge < -0.3 is 20.8 Å². The lowest BCUT2D eigenvalue weighted by molar-refractivity contribution is 0.319. The van der Waals surface area contributed by atoms with E-state index < -0.39 is 0 Å². The van der Waals surface area contributed by atoms with Gasteiger partial charge in [0, 0.05) is 38.0 Å². The van der Waals surface area contributed by atoms with Crippen LogP contribution in [0.5, 0.6) is 0 Å². The Morgan fingerprint density at radius 3 is 0.833 bits per heavy atom. The summed E-state index contributed by atoms with van der Waals surface area (Å²) in [4.78, 5) is 18.4. The van der Waals surface area contributed by atoms with Gasteiger partial charge in [-0.25, -0.2) is 0 Å². The highest BCUT2D eigenvalue weighted by Crippen LogP contribution is 2.16. The molecule has 4 N–H and O–H groups in total. The molecule has 12 heteroatoms. The maximum atomic E-state index is 9.05. The molecule has 0 fully saturated rings. The standard InChI is InChI=1S/C30H46N8O4/c1-19(23(5)35-39)31-15-29(16-32-20(2)24(6)36-40)13-27-9-11-28(12-10-27)14-30(17-33-21(3)25(7)37-41)18-34-22(4)26(8)38-42/h9-12,29-30,39-42H,13-18H2,1-8H3/b31-19?,32-20?,33-21?,34-22?,35-23+,36-24+,37-25+,38-26+. The summed E-state index contributed by atoms with van der Waals surface area (Å²) in [7, 11) is 0. The Bertz CT molecular complexity index is 1090. The van der Waals surface area contributed by atoms with Gasteiger partial charge in [0.25, 0.3) is 0 Å². The minimum absolute atomic E-state index is 0.0777. The fourth-order valence-electron chi connectivity index (χ4n) is 3.66. The zero-order valence-electron chi connectivity index (χ0n) is 26.1. The molecule has 0 bridgehead atoms. The first-order valence-corrected chi connectivity index (χ1v) is 13.8. The van der Waals surface area contributed by atoms with Gasteiger partial charge in [-0.2, -0.15) is 0 Å². The molecule has 0 aliphatic carbocycles. The summed E-state index contributed by atoms with van der Waals surface area (Å²) in [5.41, 5.74) is 6.77. The first kappa shape index (κ1) is 35.8. The second-order valence-electron chi connectivity index (χ2n) is 10.4. The molecule has 1 aromatic rings. The van der Waals surface area contributed by atoms with E-state index in [-0.39, 0.29) is 11.8 Å². The minimum atomic E-state index is 0.0777. The molecule has 42 heavy (non-hydrogen) atoms. The van der Waals surface area contributed by atoms with E-state index >= 15 is 0 Å². The molecule has 0 aromatic heterocycles. The van der Waals surface area contributed by atoms with Gasteiger partial charge in [0.15, 0.2) is 0 Å². The van der Waals surface area contributed by atoms with Crippen molar-refractivity contribution in [1.82, 2.24) is 0 Å². The van der Waals surface area contributed by atoms with Gasteiger partial charge in [0.05, 0.1) is 45.7 Å². The van der Waals surface area contributed by atoms with Crippen molar-refractivity contribution in [2.75, 3.05) is 26.2 Å². The Balaban J connectivity index is 3.15. The average Bonchev–Trinajstić information content (AvgIpc) is 3.01. The Kier molecular flexibility index (Phi) is 16.2. The molecule has 0 radical (unpaired) electrons. The third-order valence-corrected chi connectivity index (χ3v) is 7.11. The van der Waals surface area contributed by atoms with Crippen LogP contribution in [0, 0.1) is 11.8 Å². The highest BCUT2D eigenvalue weighted by atomic mass is 16.4. The smallest absolute Gasteiger partial charge is 0.0971 e. The lowest BCUT2D eigenvalue weighted by Crippen LogP contribution is -2.18. The average molecular weight is 583 g/mol. The van der Waals surface area contributed by atoms with Gasteiger partial charge in [-0.15, -0.1) is 0 Å². The molecule has 0 amide bonds. The van der Waals surface area contributed by atoms with Crippen LogP contribution in [0.3, 0.4) is 0 Å². The van der Waals surface area contributed by atoms with Crippen LogP contribution >= 0.6 is 0 Å². The van der Waals surface area contributed by atoms with E-state index in [0.29, 0.717) is 71.9 Å². The van der Waals surface area contributed by atoms with Crippen LogP contribution in [-0.4, -0.2) is 92.7 Å². The molecule has 0 unspecified atom stereocenters. The number of hydrogen-bond acceptors (Lipinski definition) is 12. The quantitative estimate of drug-likeness (QED) is 0.118. The number of rotatable bonds is 16. The molecule has 0 saturated carbocycles. The van der Waals surface area contributed by atoms with E-state index in [4.69, 9.17) is 20.8 Å². The Morgan fingerprint density at radius 2 is 0.643 bits per heavy atom. The maximum absolute atomic E-state index is 9.05. The number of nitrogens with zero attached hydrogens (tertiary/aromatic N) is 8. The predicted molar refractivity (Wildman–Crippen MR) is 172 cm³/mol. The van der Waals surface area contributed by atoms with Crippen LogP contribution in [0.4, 0.5) is 0 Å². The molecule has 0 atom stereocenters. The van der Waals surface area contributed by atoms with E-state index in [1.165, 1.54) is 0 Å². The van der Waals surface area contributed by atoms with Gasteiger partial charge in [-0.1, -0.05) is 44.9 Å². The van der Waals surface area contributed by atoms with Crippen LogP contribution < -0.4 is 0 Å². The number of benzene rings is 1. The van der Waals surface area contributed by atoms with Crippen molar-refractivity contribution >= 4 is 45.7 Å². The molecule has 0 heterocycles. The van der Waals surface area contributed by atoms with Gasteiger partial charge in [0.2, 0.25) is 0 Å². The predicted octanol–water partition coefficient (Wildman–Crippen LogP) is 5.25. The zero-order valence-corrected chi connectivity index (χ0v) is 26.1. The third kappa shape index (κ3) is 13.0. The minimum Gasteiger partial charge on any atom is -0.411 e. The molecule has 0 spiro atoms. The van der Waals surface area contributed by atoms with Gasteiger partial charge in [0.1, 0.15) is 0 Å². The highest BCUT2D eigenvalue weighted by molar-refractivity contribution is 6.41. The van der Waals surface area contributed by atoms with Crippen molar-refractivity contribution in [2.24, 2.45) is 52.4 Å². The van der Waals surface area contributed by atoms with Crippen LogP contribution in [-0.2, 0) is 12.8 Å². The molecular formula is C30H46N8O4. The lowest BCUT2D eigenvalue weighted by atomic mass is 9.95. The van der Waals surface area contributed by atoms with Crippen molar-refractivity contribution in [2.45, 2.75) is 68.2 Å². The Hall–Kier alpha value is -4.22. The van der Waals surface area contributed by atoms with Crippen molar-refractivity contribution in [3.8, 4) is 0 Å². The highest BCUT2D eigenvalue weighted by Gasteiger charge is 2.14. The van der Waals surface area contributed by atoms with Crippen LogP contribution in [0.25, 0.3) is 0 Å². The number of hydrogen-bond donors (Lipinski definition) is 4. The normalized spacial score (nSPS) is 16.6. The summed E-state index contributed by atoms with van der Waals surface area (Å²) in [6, 6.07) is 8.40. The van der Waals surface area contributed by atoms with Gasteiger partial charge >= 0.3 is 0 Å². The maximum Gasteiger partial charge on any atom is 0.0971 e. The second kappa shape index (κ2) is 19.0. The Labute approximate surface area is 248 Å². The largest absolute Gasteiger partial charge is 0.411 e. The first-order valence-electron chi connectivity index (χ1n) is 13.8. The van der Waals surface area contributed by atoms with Crippen molar-refractivity contribution in [1.29, 1.82) is 0 Å². The Morgan fingerprint density at radius 1 is 0.429 bits per heavy atom. The molecule has 0 saturated heterocycles. The van der Waals surface area contributed by atoms with Crippen LogP contribution in [0.1, 0.15) is 66.5 Å². The fourth-order valence-corrected chi connectivity index (χ4v) is 3.66.